The lowest BCUT2D eigenvalue weighted by Gasteiger charge is -2.31. The van der Waals surface area contributed by atoms with Crippen LogP contribution in [-0.2, 0) is 81.0 Å². The molecule has 1 unspecified atom stereocenters. The molecular formula is C31H93N39O18. The molecule has 0 rings (SSSR count). The fraction of sp³-hybridized carbons (Fsp3) is 0.710. The van der Waals surface area contributed by atoms with E-state index in [-0.39, 0.29) is 0 Å². The Morgan fingerprint density at radius 2 is 0.375 bits per heavy atom. The van der Waals surface area contributed by atoms with Gasteiger partial charge in [0.05, 0.1) is 25.7 Å². The van der Waals surface area contributed by atoms with E-state index in [0.29, 0.717) is 0 Å². The molecule has 0 aliphatic rings. The van der Waals surface area contributed by atoms with Crippen LogP contribution in [0.2, 0.25) is 0 Å². The molecule has 1 amide bonds. The molecule has 0 aromatic carbocycles. The molecule has 520 valence electrons. The Labute approximate surface area is 496 Å². The lowest BCUT2D eigenvalue weighted by molar-refractivity contribution is -0.180. The second-order valence-electron chi connectivity index (χ2n) is 19.2. The van der Waals surface area contributed by atoms with Crippen LogP contribution in [0, 0.1) is 0 Å². The molecule has 0 heterocycles. The summed E-state index contributed by atoms with van der Waals surface area (Å²) in [5.74, 6) is -38.4. The number of ether oxygens (including phenoxy) is 9. The van der Waals surface area contributed by atoms with E-state index in [2.05, 4.69) is 60.8 Å². The molecule has 0 aliphatic heterocycles. The third-order valence-electron chi connectivity index (χ3n) is 6.42. The molecule has 0 radical (unpaired) electrons. The van der Waals surface area contributed by atoms with Gasteiger partial charge >= 0.3 is 53.8 Å². The first-order chi connectivity index (χ1) is 37.9. The summed E-state index contributed by atoms with van der Waals surface area (Å²) >= 11 is 0. The molecule has 57 nitrogen and oxygen atoms in total. The first-order valence-electron chi connectivity index (χ1n) is 22.6. The van der Waals surface area contributed by atoms with Gasteiger partial charge in [-0.2, -0.15) is 0 Å². The van der Waals surface area contributed by atoms with Crippen LogP contribution in [0.4, 0.5) is 4.79 Å². The molecule has 0 spiro atoms. The van der Waals surface area contributed by atoms with Gasteiger partial charge in [0.2, 0.25) is 17.5 Å². The lowest BCUT2D eigenvalue weighted by Crippen LogP contribution is -2.67. The largest absolute Gasteiger partial charge is 0.430 e. The Morgan fingerprint density at radius 3 is 0.568 bits per heavy atom. The molecule has 0 fully saturated rings. The standard InChI is InChI=1S/C10H26N10O6.C9H25N11O6.C7H20N8O4.C4H14N6O2.CH8N4/c11-7(12,13)1-4(21)24-8(14,15)2-5(22)25-9(16,17)3-6(23)26-10(18,19)20;10-6(11,12)1-3(21)24-7(13,2-4(22)25-8(14,15)16)20-5(23)26-9(17,18)19;8-5(9,10)1-3(16)18-6(11,12)2-4(17)19-7(13,14)15;5-3(6,7)1-2(11)12-4(8,9)10;2-1(3,4)5/h1-3,11-20H2;1-2,10-19H2,(H,20,23);1-2,8-15H2;1,5-10H2;2-5H2. The number of carbonyl (C=O) groups is 9. The van der Waals surface area contributed by atoms with Crippen molar-refractivity contribution in [1.29, 1.82) is 0 Å². The third kappa shape index (κ3) is 70.3. The van der Waals surface area contributed by atoms with Crippen LogP contribution < -0.4 is 223 Å². The van der Waals surface area contributed by atoms with Gasteiger partial charge in [-0.25, -0.2) is 4.79 Å². The van der Waals surface area contributed by atoms with Crippen LogP contribution in [0.1, 0.15) is 51.4 Å². The van der Waals surface area contributed by atoms with Crippen molar-refractivity contribution in [2.24, 2.45) is 218 Å². The van der Waals surface area contributed by atoms with Crippen LogP contribution >= 0.6 is 0 Å². The van der Waals surface area contributed by atoms with Crippen molar-refractivity contribution < 1.29 is 85.8 Å². The number of nitrogens with one attached hydrogen (secondary N) is 1. The van der Waals surface area contributed by atoms with E-state index >= 15 is 0 Å². The van der Waals surface area contributed by atoms with Gasteiger partial charge < -0.3 is 111 Å². The smallest absolute Gasteiger partial charge is 0.415 e. The zero-order valence-corrected chi connectivity index (χ0v) is 46.9. The predicted octanol–water partition coefficient (Wildman–Crippen LogP) is -26.5. The molecule has 57 heteroatoms. The van der Waals surface area contributed by atoms with E-state index in [9.17, 15) is 43.2 Å². The fourth-order valence-electron chi connectivity index (χ4n) is 4.38. The first kappa shape index (κ1) is 90.3. The molecule has 88 heavy (non-hydrogen) atoms. The Morgan fingerprint density at radius 1 is 0.216 bits per heavy atom. The number of hydrogen-bond acceptors (Lipinski definition) is 56. The number of hydrogen-bond donors (Lipinski definition) is 39. The molecule has 77 N–H and O–H groups in total. The van der Waals surface area contributed by atoms with E-state index in [1.54, 1.807) is 5.32 Å². The van der Waals surface area contributed by atoms with Gasteiger partial charge in [0.25, 0.3) is 35.7 Å². The molecule has 0 saturated heterocycles. The summed E-state index contributed by atoms with van der Waals surface area (Å²) in [5, 5.41) is 1.77. The minimum absolute atomic E-state index is 0.430. The van der Waals surface area contributed by atoms with E-state index in [1.165, 1.54) is 0 Å². The highest BCUT2D eigenvalue weighted by atomic mass is 16.6. The van der Waals surface area contributed by atoms with Crippen LogP contribution in [0.25, 0.3) is 0 Å². The van der Waals surface area contributed by atoms with Crippen molar-refractivity contribution in [3.8, 4) is 0 Å². The summed E-state index contributed by atoms with van der Waals surface area (Å²) < 4.78 is 40.1. The van der Waals surface area contributed by atoms with Crippen molar-refractivity contribution >= 4 is 53.8 Å². The van der Waals surface area contributed by atoms with Crippen LogP contribution in [0.3, 0.4) is 0 Å². The Hall–Kier alpha value is -6.49. The van der Waals surface area contributed by atoms with Gasteiger partial charge in [-0.1, -0.05) is 0 Å². The topological polar surface area (TPSA) is 1240 Å². The second kappa shape index (κ2) is 33.9. The molecule has 0 bridgehead atoms. The Balaban J connectivity index is -0.000000349. The summed E-state index contributed by atoms with van der Waals surface area (Å²) in [7, 11) is 0. The highest BCUT2D eigenvalue weighted by molar-refractivity contribution is 5.78. The van der Waals surface area contributed by atoms with Crippen LogP contribution in [-0.4, -0.2) is 136 Å². The molecule has 0 aliphatic carbocycles. The average Bonchev–Trinajstić information content (AvgIpc) is 3.05. The Bertz CT molecular complexity index is 2080. The summed E-state index contributed by atoms with van der Waals surface area (Å²) in [6, 6.07) is 0. The quantitative estimate of drug-likeness (QED) is 0.0217. The van der Waals surface area contributed by atoms with E-state index in [4.69, 9.17) is 200 Å². The molecule has 0 saturated carbocycles. The number of carbonyl (C=O) groups excluding carboxylic acids is 9. The summed E-state index contributed by atoms with van der Waals surface area (Å²) in [4.78, 5) is 103. The van der Waals surface area contributed by atoms with Gasteiger partial charge in [-0.3, -0.25) is 193 Å². The zero-order chi connectivity index (χ0) is 71.9. The van der Waals surface area contributed by atoms with E-state index < -0.39 is 188 Å². The van der Waals surface area contributed by atoms with Gasteiger partial charge in [0.1, 0.15) is 48.8 Å². The average molecular weight is 1300 g/mol. The lowest BCUT2D eigenvalue weighted by atomic mass is 10.2. The second-order valence-corrected chi connectivity index (χ2v) is 19.2. The number of rotatable bonds is 26. The molecule has 1 atom stereocenters. The van der Waals surface area contributed by atoms with E-state index in [1.807, 2.05) is 0 Å². The summed E-state index contributed by atoms with van der Waals surface area (Å²) in [6.07, 6.45) is -7.46. The van der Waals surface area contributed by atoms with Crippen LogP contribution in [0.5, 0.6) is 0 Å². The SMILES string of the molecule is NC(N)(N)CC(=O)OC(N)(CC(=O)OC(N)(N)N)NC(=O)OC(N)(N)N.NC(N)(N)CC(=O)OC(N)(N)CC(=O)OC(N)(N)CC(=O)OC(N)(N)N.NC(N)(N)CC(=O)OC(N)(N)CC(=O)OC(N)(N)N.NC(N)(N)CC(=O)OC(N)(N)N.NC(N)(N)N. The Kier molecular flexibility index (Phi) is 34.8. The normalized spacial score (nSPS) is 13.5. The van der Waals surface area contributed by atoms with E-state index in [0.717, 1.165) is 0 Å². The minimum Gasteiger partial charge on any atom is -0.430 e. The zero-order valence-electron chi connectivity index (χ0n) is 46.9. The molecular weight excluding hydrogens is 1210 g/mol. The summed E-state index contributed by atoms with van der Waals surface area (Å²) in [6.45, 7) is 0. The number of amides is 1. The van der Waals surface area contributed by atoms with Crippen molar-refractivity contribution in [1.82, 2.24) is 5.32 Å². The summed E-state index contributed by atoms with van der Waals surface area (Å²) in [5.41, 5.74) is 194. The number of nitrogens with two attached hydrogens (primary N) is 38. The first-order valence-corrected chi connectivity index (χ1v) is 22.6. The highest BCUT2D eigenvalue weighted by Gasteiger charge is 2.41. The number of alkyl carbamates (subject to hydrolysis) is 1. The van der Waals surface area contributed by atoms with Crippen molar-refractivity contribution in [2.75, 3.05) is 0 Å². The molecule has 0 aromatic heterocycles. The van der Waals surface area contributed by atoms with Crippen molar-refractivity contribution in [3.63, 3.8) is 0 Å². The van der Waals surface area contributed by atoms with Gasteiger partial charge in [-0.15, -0.1) is 0 Å². The molecule has 0 aromatic rings. The minimum atomic E-state index is -2.58. The predicted molar refractivity (Wildman–Crippen MR) is 293 cm³/mol. The maximum atomic E-state index is 11.8. The van der Waals surface area contributed by atoms with Gasteiger partial charge in [-0.05, 0) is 0 Å². The third-order valence-corrected chi connectivity index (χ3v) is 6.42. The van der Waals surface area contributed by atoms with Crippen molar-refractivity contribution in [3.05, 3.63) is 0 Å². The number of esters is 8. The monoisotopic (exact) mass is 1300 g/mol. The van der Waals surface area contributed by atoms with Crippen LogP contribution in [0.15, 0.2) is 0 Å². The van der Waals surface area contributed by atoms with Gasteiger partial charge in [0, 0.05) is 0 Å². The maximum absolute atomic E-state index is 11.8. The fourth-order valence-corrected chi connectivity index (χ4v) is 4.38. The van der Waals surface area contributed by atoms with Crippen molar-refractivity contribution in [2.45, 2.75) is 134 Å². The maximum Gasteiger partial charge on any atom is 0.415 e. The highest BCUT2D eigenvalue weighted by Crippen LogP contribution is 2.13. The van der Waals surface area contributed by atoms with Gasteiger partial charge in [0.15, 0.2) is 5.91 Å².